The molecular weight excluding hydrogens is 436 g/mol. The van der Waals surface area contributed by atoms with Crippen LogP contribution in [-0.2, 0) is 10.8 Å². The maximum Gasteiger partial charge on any atom is 0.105 e. The third kappa shape index (κ3) is 1.97. The number of allylic oxidation sites excluding steroid dienone is 1. The lowest BCUT2D eigenvalue weighted by molar-refractivity contribution is -0.0476. The molecule has 0 heterocycles. The van der Waals surface area contributed by atoms with E-state index in [-0.39, 0.29) is 28.1 Å². The van der Waals surface area contributed by atoms with Gasteiger partial charge in [0.2, 0.25) is 0 Å². The number of hydrogen-bond acceptors (Lipinski definition) is 1. The van der Waals surface area contributed by atoms with Gasteiger partial charge >= 0.3 is 0 Å². The average molecular weight is 467 g/mol. The summed E-state index contributed by atoms with van der Waals surface area (Å²) in [6.07, 6.45) is 1.07. The van der Waals surface area contributed by atoms with Gasteiger partial charge in [-0.3, -0.25) is 0 Å². The normalized spacial score (nSPS) is 37.0. The Kier molecular flexibility index (Phi) is 3.73. The van der Waals surface area contributed by atoms with Crippen molar-refractivity contribution in [3.63, 3.8) is 0 Å². The Labute approximate surface area is 213 Å². The molecule has 4 aromatic carbocycles. The number of hydrogen-bond donors (Lipinski definition) is 1. The second-order valence-electron chi connectivity index (χ2n) is 11.8. The van der Waals surface area contributed by atoms with Crippen LogP contribution >= 0.6 is 0 Å². The zero-order valence-electron chi connectivity index (χ0n) is 20.8. The van der Waals surface area contributed by atoms with Gasteiger partial charge in [-0.1, -0.05) is 129 Å². The summed E-state index contributed by atoms with van der Waals surface area (Å²) in [5.74, 6) is 0.350. The molecule has 0 spiro atoms. The number of benzene rings is 4. The van der Waals surface area contributed by atoms with E-state index < -0.39 is 5.60 Å². The maximum absolute atomic E-state index is 13.5. The van der Waals surface area contributed by atoms with Gasteiger partial charge in [-0.05, 0) is 56.7 Å². The van der Waals surface area contributed by atoms with Gasteiger partial charge < -0.3 is 5.11 Å². The van der Waals surface area contributed by atoms with Gasteiger partial charge in [-0.25, -0.2) is 0 Å². The predicted molar refractivity (Wildman–Crippen MR) is 145 cm³/mol. The Balaban J connectivity index is 1.53. The summed E-state index contributed by atoms with van der Waals surface area (Å²) in [6, 6.07) is 41.6. The van der Waals surface area contributed by atoms with Gasteiger partial charge in [0.15, 0.2) is 0 Å². The summed E-state index contributed by atoms with van der Waals surface area (Å²) >= 11 is 0. The first-order valence-corrected chi connectivity index (χ1v) is 13.2. The van der Waals surface area contributed by atoms with Crippen LogP contribution in [0.1, 0.15) is 48.1 Å². The highest BCUT2D eigenvalue weighted by molar-refractivity contribution is 6.03. The molecule has 4 bridgehead atoms. The van der Waals surface area contributed by atoms with Crippen molar-refractivity contribution in [1.82, 2.24) is 0 Å². The van der Waals surface area contributed by atoms with E-state index in [1.165, 1.54) is 27.8 Å². The molecule has 8 rings (SSSR count). The van der Waals surface area contributed by atoms with Crippen LogP contribution in [0.5, 0.6) is 0 Å². The maximum atomic E-state index is 13.5. The molecule has 0 radical (unpaired) electrons. The van der Waals surface area contributed by atoms with Crippen molar-refractivity contribution < 1.29 is 5.11 Å². The monoisotopic (exact) mass is 466 g/mol. The molecule has 4 aliphatic rings. The smallest absolute Gasteiger partial charge is 0.105 e. The third-order valence-electron chi connectivity index (χ3n) is 10.7. The molecule has 2 saturated carbocycles. The van der Waals surface area contributed by atoms with Crippen molar-refractivity contribution in [1.29, 1.82) is 0 Å². The van der Waals surface area contributed by atoms with Crippen LogP contribution in [0.4, 0.5) is 0 Å². The fraction of sp³-hybridized carbons (Fsp3) is 0.257. The lowest BCUT2D eigenvalue weighted by Crippen LogP contribution is -2.58. The SMILES string of the molecule is CC12CC3C(c4ccccc4)=C(c4ccccc4)C4(O)C1C2(c1ccccc1)c1ccccc1C34C. The summed E-state index contributed by atoms with van der Waals surface area (Å²) < 4.78 is 0. The largest absolute Gasteiger partial charge is 0.384 e. The molecule has 1 N–H and O–H groups in total. The van der Waals surface area contributed by atoms with Crippen LogP contribution in [0.25, 0.3) is 11.1 Å². The molecule has 0 aromatic heterocycles. The van der Waals surface area contributed by atoms with E-state index in [1.54, 1.807) is 0 Å². The van der Waals surface area contributed by atoms with E-state index in [9.17, 15) is 5.11 Å². The van der Waals surface area contributed by atoms with Gasteiger partial charge in [-0.2, -0.15) is 0 Å². The Hall–Kier alpha value is -3.42. The van der Waals surface area contributed by atoms with Crippen LogP contribution in [-0.4, -0.2) is 10.7 Å². The summed E-state index contributed by atoms with van der Waals surface area (Å²) in [5.41, 5.74) is 7.44. The highest BCUT2D eigenvalue weighted by Crippen LogP contribution is 2.90. The van der Waals surface area contributed by atoms with E-state index in [0.29, 0.717) is 0 Å². The number of fused-ring (bicyclic) bond motifs is 3. The molecule has 1 nitrogen and oxygen atoms in total. The Morgan fingerprint density at radius 3 is 1.81 bits per heavy atom. The van der Waals surface area contributed by atoms with E-state index in [0.717, 1.165) is 17.6 Å². The Bertz CT molecular complexity index is 1550. The van der Waals surface area contributed by atoms with E-state index in [4.69, 9.17) is 0 Å². The standard InChI is InChI=1S/C35H30O/c1-32-22-28-29(23-14-6-3-7-15-23)30(24-16-8-4-9-17-24)35(36)31(32)34(32,25-18-10-5-11-19-25)27-21-13-12-20-26(27)33(28,35)2/h3-21,28,31,36H,22H2,1-2H3. The molecule has 0 amide bonds. The summed E-state index contributed by atoms with van der Waals surface area (Å²) in [6.45, 7) is 4.82. The summed E-state index contributed by atoms with van der Waals surface area (Å²) in [7, 11) is 0. The van der Waals surface area contributed by atoms with Crippen molar-refractivity contribution in [3.8, 4) is 0 Å². The fourth-order valence-corrected chi connectivity index (χ4v) is 9.53. The van der Waals surface area contributed by atoms with Crippen molar-refractivity contribution in [2.24, 2.45) is 17.3 Å². The minimum Gasteiger partial charge on any atom is -0.384 e. The topological polar surface area (TPSA) is 20.2 Å². The second kappa shape index (κ2) is 6.47. The van der Waals surface area contributed by atoms with Crippen LogP contribution in [0.15, 0.2) is 115 Å². The summed E-state index contributed by atoms with van der Waals surface area (Å²) in [4.78, 5) is 0. The first kappa shape index (κ1) is 20.7. The van der Waals surface area contributed by atoms with E-state index in [1.807, 2.05) is 0 Å². The van der Waals surface area contributed by atoms with E-state index in [2.05, 4.69) is 129 Å². The molecule has 2 fully saturated rings. The zero-order valence-corrected chi connectivity index (χ0v) is 20.8. The number of aliphatic hydroxyl groups is 1. The highest BCUT2D eigenvalue weighted by Gasteiger charge is 2.91. The van der Waals surface area contributed by atoms with Crippen LogP contribution < -0.4 is 0 Å². The molecule has 6 unspecified atom stereocenters. The molecule has 4 aliphatic carbocycles. The van der Waals surface area contributed by atoms with Gasteiger partial charge in [0.05, 0.1) is 0 Å². The van der Waals surface area contributed by atoms with Gasteiger partial charge in [0, 0.05) is 16.7 Å². The first-order valence-electron chi connectivity index (χ1n) is 13.2. The lowest BCUT2D eigenvalue weighted by Gasteiger charge is -2.53. The highest BCUT2D eigenvalue weighted by atomic mass is 16.3. The molecule has 36 heavy (non-hydrogen) atoms. The minimum atomic E-state index is -0.971. The average Bonchev–Trinajstić information content (AvgIpc) is 3.49. The Morgan fingerprint density at radius 1 is 0.639 bits per heavy atom. The van der Waals surface area contributed by atoms with E-state index >= 15 is 0 Å². The fourth-order valence-electron chi connectivity index (χ4n) is 9.53. The Morgan fingerprint density at radius 2 is 1.17 bits per heavy atom. The molecule has 4 aromatic rings. The molecule has 6 atom stereocenters. The van der Waals surface area contributed by atoms with Gasteiger partial charge in [-0.15, -0.1) is 0 Å². The molecule has 1 heteroatoms. The van der Waals surface area contributed by atoms with Crippen molar-refractivity contribution >= 4 is 11.1 Å². The van der Waals surface area contributed by atoms with Crippen LogP contribution in [0.2, 0.25) is 0 Å². The molecule has 0 saturated heterocycles. The van der Waals surface area contributed by atoms with Gasteiger partial charge in [0.1, 0.15) is 5.60 Å². The quantitative estimate of drug-likeness (QED) is 0.337. The first-order chi connectivity index (χ1) is 17.5. The molecular formula is C35H30O. The lowest BCUT2D eigenvalue weighted by atomic mass is 9.53. The van der Waals surface area contributed by atoms with Crippen molar-refractivity contribution in [2.45, 2.75) is 36.7 Å². The van der Waals surface area contributed by atoms with Crippen molar-refractivity contribution in [2.75, 3.05) is 0 Å². The van der Waals surface area contributed by atoms with Crippen LogP contribution in [0, 0.1) is 17.3 Å². The van der Waals surface area contributed by atoms with Crippen LogP contribution in [0.3, 0.4) is 0 Å². The zero-order chi connectivity index (χ0) is 24.3. The molecule has 0 aliphatic heterocycles. The number of rotatable bonds is 3. The molecule has 176 valence electrons. The van der Waals surface area contributed by atoms with Crippen molar-refractivity contribution in [3.05, 3.63) is 143 Å². The third-order valence-corrected chi connectivity index (χ3v) is 10.7. The predicted octanol–water partition coefficient (Wildman–Crippen LogP) is 7.26. The second-order valence-corrected chi connectivity index (χ2v) is 11.8. The van der Waals surface area contributed by atoms with Gasteiger partial charge in [0.25, 0.3) is 0 Å². The minimum absolute atomic E-state index is 0.0313. The summed E-state index contributed by atoms with van der Waals surface area (Å²) in [5, 5.41) is 13.5.